The number of thiocarbonyl (C=S) groups is 1. The topological polar surface area (TPSA) is 89.4 Å². The van der Waals surface area contributed by atoms with E-state index < -0.39 is 10.0 Å². The van der Waals surface area contributed by atoms with Gasteiger partial charge >= 0.3 is 0 Å². The molecule has 0 aliphatic rings. The Labute approximate surface area is 125 Å². The predicted octanol–water partition coefficient (Wildman–Crippen LogP) is 1.61. The molecule has 0 bridgehead atoms. The SMILES string of the molecule is Cc1noc(C)c1S(=O)(=O)N(CCC(N)=S)CC(C)C. The molecule has 0 radical (unpaired) electrons. The Hall–Kier alpha value is -0.990. The molecule has 1 aromatic heterocycles. The minimum absolute atomic E-state index is 0.140. The molecule has 1 aromatic rings. The van der Waals surface area contributed by atoms with E-state index >= 15 is 0 Å². The molecule has 1 heterocycles. The maximum absolute atomic E-state index is 12.7. The summed E-state index contributed by atoms with van der Waals surface area (Å²) >= 11 is 4.83. The van der Waals surface area contributed by atoms with Crippen molar-refractivity contribution < 1.29 is 12.9 Å². The van der Waals surface area contributed by atoms with Gasteiger partial charge in [0.15, 0.2) is 5.76 Å². The van der Waals surface area contributed by atoms with E-state index in [9.17, 15) is 8.42 Å². The second-order valence-electron chi connectivity index (χ2n) is 5.13. The number of aromatic nitrogens is 1. The summed E-state index contributed by atoms with van der Waals surface area (Å²) in [5.41, 5.74) is 5.84. The lowest BCUT2D eigenvalue weighted by atomic mass is 10.2. The molecule has 8 heteroatoms. The van der Waals surface area contributed by atoms with Crippen molar-refractivity contribution in [3.8, 4) is 0 Å². The summed E-state index contributed by atoms with van der Waals surface area (Å²) in [7, 11) is -3.65. The second-order valence-corrected chi connectivity index (χ2v) is 7.53. The molecule has 0 spiro atoms. The molecule has 0 aliphatic heterocycles. The first-order valence-corrected chi connectivity index (χ1v) is 8.22. The molecule has 6 nitrogen and oxygen atoms in total. The number of aryl methyl sites for hydroxylation is 2. The molecule has 0 unspecified atom stereocenters. The Morgan fingerprint density at radius 3 is 2.45 bits per heavy atom. The quantitative estimate of drug-likeness (QED) is 0.768. The third-order valence-electron chi connectivity index (χ3n) is 2.74. The second kappa shape index (κ2) is 6.64. The minimum atomic E-state index is -3.65. The molecule has 20 heavy (non-hydrogen) atoms. The zero-order valence-electron chi connectivity index (χ0n) is 12.2. The standard InChI is InChI=1S/C12H21N3O3S2/c1-8(2)7-15(6-5-11(13)19)20(16,17)12-9(3)14-18-10(12)4/h8H,5-7H2,1-4H3,(H2,13,19). The summed E-state index contributed by atoms with van der Waals surface area (Å²) in [6.45, 7) is 7.78. The molecule has 0 atom stereocenters. The van der Waals surface area contributed by atoms with E-state index in [2.05, 4.69) is 5.16 Å². The van der Waals surface area contributed by atoms with Crippen LogP contribution >= 0.6 is 12.2 Å². The number of rotatable bonds is 7. The molecule has 114 valence electrons. The molecule has 0 saturated heterocycles. The van der Waals surface area contributed by atoms with Gasteiger partial charge in [-0.3, -0.25) is 0 Å². The summed E-state index contributed by atoms with van der Waals surface area (Å²) < 4.78 is 31.8. The van der Waals surface area contributed by atoms with Crippen molar-refractivity contribution in [2.75, 3.05) is 13.1 Å². The van der Waals surface area contributed by atoms with Crippen molar-refractivity contribution in [3.05, 3.63) is 11.5 Å². The predicted molar refractivity (Wildman–Crippen MR) is 81.0 cm³/mol. The average molecular weight is 319 g/mol. The van der Waals surface area contributed by atoms with Crippen molar-refractivity contribution in [3.63, 3.8) is 0 Å². The van der Waals surface area contributed by atoms with Crippen LogP contribution in [0.3, 0.4) is 0 Å². The lowest BCUT2D eigenvalue weighted by Crippen LogP contribution is -2.37. The smallest absolute Gasteiger partial charge is 0.248 e. The highest BCUT2D eigenvalue weighted by Gasteiger charge is 2.31. The van der Waals surface area contributed by atoms with Gasteiger partial charge in [0.25, 0.3) is 0 Å². The first kappa shape index (κ1) is 17.1. The van der Waals surface area contributed by atoms with Crippen molar-refractivity contribution in [2.45, 2.75) is 39.0 Å². The Morgan fingerprint density at radius 1 is 1.45 bits per heavy atom. The molecule has 0 aliphatic carbocycles. The zero-order valence-corrected chi connectivity index (χ0v) is 13.8. The van der Waals surface area contributed by atoms with Crippen LogP contribution in [0.2, 0.25) is 0 Å². The van der Waals surface area contributed by atoms with Gasteiger partial charge < -0.3 is 10.3 Å². The molecule has 0 aromatic carbocycles. The number of sulfonamides is 1. The first-order valence-electron chi connectivity index (χ1n) is 6.37. The molecule has 0 amide bonds. The van der Waals surface area contributed by atoms with E-state index in [0.717, 1.165) is 0 Å². The van der Waals surface area contributed by atoms with Gasteiger partial charge in [-0.2, -0.15) is 4.31 Å². The van der Waals surface area contributed by atoms with Crippen LogP contribution in [0.15, 0.2) is 9.42 Å². The van der Waals surface area contributed by atoms with Gasteiger partial charge in [0.1, 0.15) is 10.6 Å². The first-order chi connectivity index (χ1) is 9.16. The van der Waals surface area contributed by atoms with Gasteiger partial charge in [0, 0.05) is 19.5 Å². The van der Waals surface area contributed by atoms with Crippen molar-refractivity contribution >= 4 is 27.2 Å². The molecule has 1 rings (SSSR count). The minimum Gasteiger partial charge on any atom is -0.393 e. The van der Waals surface area contributed by atoms with Gasteiger partial charge in [-0.15, -0.1) is 0 Å². The summed E-state index contributed by atoms with van der Waals surface area (Å²) in [5, 5.41) is 3.71. The largest absolute Gasteiger partial charge is 0.393 e. The highest BCUT2D eigenvalue weighted by Crippen LogP contribution is 2.24. The summed E-state index contributed by atoms with van der Waals surface area (Å²) in [6.07, 6.45) is 0.352. The summed E-state index contributed by atoms with van der Waals surface area (Å²) in [5.74, 6) is 0.489. The normalized spacial score (nSPS) is 12.3. The Bertz CT molecular complexity index is 559. The molecule has 0 fully saturated rings. The van der Waals surface area contributed by atoms with E-state index in [1.165, 1.54) is 4.31 Å². The van der Waals surface area contributed by atoms with E-state index in [4.69, 9.17) is 22.5 Å². The van der Waals surface area contributed by atoms with Crippen LogP contribution in [0.25, 0.3) is 0 Å². The van der Waals surface area contributed by atoms with E-state index in [0.29, 0.717) is 29.4 Å². The van der Waals surface area contributed by atoms with Crippen LogP contribution in [0.1, 0.15) is 31.7 Å². The van der Waals surface area contributed by atoms with Gasteiger partial charge in [0.05, 0.1) is 4.99 Å². The van der Waals surface area contributed by atoms with E-state index in [1.807, 2.05) is 13.8 Å². The van der Waals surface area contributed by atoms with E-state index in [-0.39, 0.29) is 17.4 Å². The molecular weight excluding hydrogens is 298 g/mol. The van der Waals surface area contributed by atoms with Crippen LogP contribution in [0.5, 0.6) is 0 Å². The highest BCUT2D eigenvalue weighted by atomic mass is 32.2. The zero-order chi connectivity index (χ0) is 15.5. The third-order valence-corrected chi connectivity index (χ3v) is 5.06. The van der Waals surface area contributed by atoms with Crippen molar-refractivity contribution in [2.24, 2.45) is 11.7 Å². The summed E-state index contributed by atoms with van der Waals surface area (Å²) in [4.78, 5) is 0.439. The lowest BCUT2D eigenvalue weighted by molar-refractivity contribution is 0.371. The fraction of sp³-hybridized carbons (Fsp3) is 0.667. The maximum atomic E-state index is 12.7. The molecule has 2 N–H and O–H groups in total. The Kier molecular flexibility index (Phi) is 5.67. The van der Waals surface area contributed by atoms with Crippen LogP contribution in [-0.2, 0) is 10.0 Å². The fourth-order valence-corrected chi connectivity index (χ4v) is 3.91. The Morgan fingerprint density at radius 2 is 2.05 bits per heavy atom. The fourth-order valence-electron chi connectivity index (χ4n) is 1.92. The van der Waals surface area contributed by atoms with Crippen LogP contribution in [-0.4, -0.2) is 36.0 Å². The summed E-state index contributed by atoms with van der Waals surface area (Å²) in [6, 6.07) is 0. The van der Waals surface area contributed by atoms with Crippen LogP contribution in [0, 0.1) is 19.8 Å². The van der Waals surface area contributed by atoms with Gasteiger partial charge in [-0.05, 0) is 19.8 Å². The van der Waals surface area contributed by atoms with Gasteiger partial charge in [-0.25, -0.2) is 8.42 Å². The number of hydrogen-bond acceptors (Lipinski definition) is 5. The van der Waals surface area contributed by atoms with E-state index in [1.54, 1.807) is 13.8 Å². The van der Waals surface area contributed by atoms with Crippen LogP contribution < -0.4 is 5.73 Å². The lowest BCUT2D eigenvalue weighted by Gasteiger charge is -2.23. The van der Waals surface area contributed by atoms with Gasteiger partial charge in [-0.1, -0.05) is 31.2 Å². The van der Waals surface area contributed by atoms with Crippen molar-refractivity contribution in [1.29, 1.82) is 0 Å². The van der Waals surface area contributed by atoms with Crippen molar-refractivity contribution in [1.82, 2.24) is 9.46 Å². The highest BCUT2D eigenvalue weighted by molar-refractivity contribution is 7.89. The molecule has 0 saturated carbocycles. The average Bonchev–Trinajstić information content (AvgIpc) is 2.63. The number of nitrogens with zero attached hydrogens (tertiary/aromatic N) is 2. The van der Waals surface area contributed by atoms with Gasteiger partial charge in [0.2, 0.25) is 10.0 Å². The Balaban J connectivity index is 3.13. The third kappa shape index (κ3) is 4.00. The number of nitrogens with two attached hydrogens (primary N) is 1. The van der Waals surface area contributed by atoms with Crippen LogP contribution in [0.4, 0.5) is 0 Å². The molecular formula is C12H21N3O3S2. The monoisotopic (exact) mass is 319 g/mol. The number of hydrogen-bond donors (Lipinski definition) is 1. The maximum Gasteiger partial charge on any atom is 0.248 e.